The van der Waals surface area contributed by atoms with Crippen LogP contribution in [0.4, 0.5) is 23.1 Å². The lowest BCUT2D eigenvalue weighted by molar-refractivity contribution is -0.134. The number of aromatic nitrogens is 6. The largest absolute Gasteiger partial charge is 0.382 e. The van der Waals surface area contributed by atoms with Gasteiger partial charge in [-0.05, 0) is 75.4 Å². The molecule has 2 fully saturated rings. The Kier molecular flexibility index (Phi) is 9.00. The van der Waals surface area contributed by atoms with E-state index in [4.69, 9.17) is 22.3 Å². The van der Waals surface area contributed by atoms with Gasteiger partial charge in [0.2, 0.25) is 17.8 Å². The van der Waals surface area contributed by atoms with Crippen LogP contribution < -0.4 is 32.3 Å². The van der Waals surface area contributed by atoms with Crippen molar-refractivity contribution in [2.24, 2.45) is 25.7 Å². The maximum absolute atomic E-state index is 13.0. The molecule has 1 unspecified atom stereocenters. The van der Waals surface area contributed by atoms with E-state index in [2.05, 4.69) is 43.9 Å². The van der Waals surface area contributed by atoms with Gasteiger partial charge in [0.15, 0.2) is 5.82 Å². The minimum Gasteiger partial charge on any atom is -0.382 e. The number of imidazole rings is 1. The monoisotopic (exact) mass is 713 g/mol. The summed E-state index contributed by atoms with van der Waals surface area (Å²) in [6, 6.07) is 12.1. The number of amides is 2. The summed E-state index contributed by atoms with van der Waals surface area (Å²) in [6.07, 6.45) is 3.91. The molecular formula is C36H44ClN11O3. The molecule has 268 valence electrons. The van der Waals surface area contributed by atoms with E-state index < -0.39 is 11.5 Å². The Morgan fingerprint density at radius 2 is 1.80 bits per heavy atom. The summed E-state index contributed by atoms with van der Waals surface area (Å²) < 4.78 is 5.21. The quantitative estimate of drug-likeness (QED) is 0.161. The van der Waals surface area contributed by atoms with E-state index in [-0.39, 0.29) is 29.5 Å². The average molecular weight is 714 g/mol. The van der Waals surface area contributed by atoms with Crippen LogP contribution in [0.5, 0.6) is 0 Å². The van der Waals surface area contributed by atoms with Crippen LogP contribution in [0, 0.1) is 5.92 Å². The van der Waals surface area contributed by atoms with E-state index in [0.717, 1.165) is 52.8 Å². The number of carbonyl (C=O) groups is 2. The number of nitrogens with zero attached hydrogens (tertiary/aromatic N) is 7. The average Bonchev–Trinajstić information content (AvgIpc) is 3.52. The van der Waals surface area contributed by atoms with E-state index in [1.54, 1.807) is 27.1 Å². The topological polar surface area (TPSA) is 170 Å². The fraction of sp³-hybridized carbons (Fsp3) is 0.444. The number of hydrogen-bond acceptors (Lipinski definition) is 10. The van der Waals surface area contributed by atoms with Crippen molar-refractivity contribution < 1.29 is 9.59 Å². The Labute approximate surface area is 300 Å². The Morgan fingerprint density at radius 1 is 1.04 bits per heavy atom. The summed E-state index contributed by atoms with van der Waals surface area (Å²) in [5.41, 5.74) is 10.7. The molecule has 15 heteroatoms. The summed E-state index contributed by atoms with van der Waals surface area (Å²) in [5.74, 6) is 0.388. The maximum atomic E-state index is 13.0. The molecule has 3 atom stereocenters. The van der Waals surface area contributed by atoms with Crippen LogP contribution in [0.1, 0.15) is 58.1 Å². The molecule has 0 spiro atoms. The van der Waals surface area contributed by atoms with Crippen LogP contribution in [0.2, 0.25) is 5.02 Å². The molecule has 2 aliphatic heterocycles. The highest BCUT2D eigenvalue weighted by Gasteiger charge is 2.32. The summed E-state index contributed by atoms with van der Waals surface area (Å²) in [4.78, 5) is 48.8. The number of aryl methyl sites for hydroxylation is 3. The number of benzene rings is 2. The first-order chi connectivity index (χ1) is 24.3. The molecule has 0 bridgehead atoms. The fourth-order valence-electron chi connectivity index (χ4n) is 7.18. The molecule has 2 aromatic carbocycles. The third-order valence-electron chi connectivity index (χ3n) is 10.1. The molecule has 51 heavy (non-hydrogen) atoms. The van der Waals surface area contributed by atoms with E-state index in [1.807, 2.05) is 51.2 Å². The number of nitrogens with two attached hydrogens (primary N) is 1. The molecule has 5 N–H and O–H groups in total. The smallest absolute Gasteiger partial charge is 0.328 e. The summed E-state index contributed by atoms with van der Waals surface area (Å²) in [5, 5.41) is 15.5. The highest BCUT2D eigenvalue weighted by Crippen LogP contribution is 2.33. The lowest BCUT2D eigenvalue weighted by Gasteiger charge is -2.37. The zero-order valence-corrected chi connectivity index (χ0v) is 30.3. The summed E-state index contributed by atoms with van der Waals surface area (Å²) in [7, 11) is 3.65. The van der Waals surface area contributed by atoms with E-state index in [0.29, 0.717) is 48.3 Å². The highest BCUT2D eigenvalue weighted by atomic mass is 35.5. The van der Waals surface area contributed by atoms with Crippen LogP contribution in [0.25, 0.3) is 21.9 Å². The molecule has 5 heterocycles. The molecule has 5 aromatic rings. The van der Waals surface area contributed by atoms with E-state index in [9.17, 15) is 14.4 Å². The minimum atomic E-state index is -0.439. The SMILES string of the molecule is C[C@@H]1CN(c2ncc(Cl)c(Nc3ccc4c(c3)n(CCC(C)(C)N)c(=O)n4C)n2)CC[C@H]1Nc1ccc2c(C3CCC(=O)NC3=O)nn(C)c2c1. The maximum Gasteiger partial charge on any atom is 0.328 e. The van der Waals surface area contributed by atoms with Crippen molar-refractivity contribution in [1.82, 2.24) is 34.2 Å². The van der Waals surface area contributed by atoms with E-state index in [1.165, 1.54) is 0 Å². The van der Waals surface area contributed by atoms with Gasteiger partial charge in [0.1, 0.15) is 5.02 Å². The summed E-state index contributed by atoms with van der Waals surface area (Å²) >= 11 is 6.59. The third kappa shape index (κ3) is 6.89. The van der Waals surface area contributed by atoms with Crippen LogP contribution in [0.15, 0.2) is 47.4 Å². The number of fused-ring (bicyclic) bond motifs is 2. The second kappa shape index (κ2) is 13.3. The van der Waals surface area contributed by atoms with Crippen molar-refractivity contribution in [3.63, 3.8) is 0 Å². The predicted octanol–water partition coefficient (Wildman–Crippen LogP) is 4.39. The van der Waals surface area contributed by atoms with Gasteiger partial charge in [0.25, 0.3) is 0 Å². The minimum absolute atomic E-state index is 0.0859. The van der Waals surface area contributed by atoms with Crippen molar-refractivity contribution in [2.75, 3.05) is 28.6 Å². The van der Waals surface area contributed by atoms with Crippen molar-refractivity contribution in [1.29, 1.82) is 0 Å². The van der Waals surface area contributed by atoms with Crippen LogP contribution in [0.3, 0.4) is 0 Å². The number of nitrogens with one attached hydrogen (secondary N) is 3. The van der Waals surface area contributed by atoms with Gasteiger partial charge in [0, 0.05) is 68.5 Å². The fourth-order valence-corrected chi connectivity index (χ4v) is 7.32. The normalized spacial score (nSPS) is 19.9. The lowest BCUT2D eigenvalue weighted by atomic mass is 9.92. The number of piperidine rings is 2. The Bertz CT molecular complexity index is 2220. The standard InChI is InChI=1S/C36H44ClN11O3/c1-20-19-47(14-12-26(20)40-21-6-8-23-28(16-21)46(5)44-31(23)24-9-11-30(49)42-33(24)50)34-39-18-25(37)32(43-34)41-22-7-10-27-29(17-22)48(35(51)45(27)4)15-13-36(2,3)38/h6-8,10,16-18,20,24,26,40H,9,11-15,19,38H2,1-5H3,(H,39,41,43)(H,42,49,50)/t20-,24?,26-/m1/s1. The van der Waals surface area contributed by atoms with Crippen molar-refractivity contribution >= 4 is 68.5 Å². The molecule has 0 radical (unpaired) electrons. The number of halogens is 1. The van der Waals surface area contributed by atoms with Crippen LogP contribution in [-0.2, 0) is 30.2 Å². The second-order valence-electron chi connectivity index (χ2n) is 14.6. The Balaban J connectivity index is 1.04. The molecular weight excluding hydrogens is 670 g/mol. The van der Waals surface area contributed by atoms with E-state index >= 15 is 0 Å². The molecule has 3 aromatic heterocycles. The van der Waals surface area contributed by atoms with Gasteiger partial charge < -0.3 is 21.3 Å². The van der Waals surface area contributed by atoms with Gasteiger partial charge in [-0.1, -0.05) is 18.5 Å². The first kappa shape index (κ1) is 34.5. The molecule has 0 aliphatic carbocycles. The number of imide groups is 1. The Morgan fingerprint density at radius 3 is 2.55 bits per heavy atom. The van der Waals surface area contributed by atoms with Gasteiger partial charge in [-0.25, -0.2) is 9.78 Å². The summed E-state index contributed by atoms with van der Waals surface area (Å²) in [6.45, 7) is 8.12. The van der Waals surface area contributed by atoms with Crippen molar-refractivity contribution in [2.45, 2.75) is 70.5 Å². The van der Waals surface area contributed by atoms with Crippen LogP contribution in [-0.4, -0.2) is 65.4 Å². The molecule has 0 saturated carbocycles. The Hall–Kier alpha value is -4.95. The van der Waals surface area contributed by atoms with Crippen molar-refractivity contribution in [3.05, 3.63) is 63.8 Å². The number of hydrogen-bond donors (Lipinski definition) is 4. The zero-order valence-electron chi connectivity index (χ0n) is 29.5. The number of rotatable bonds is 9. The van der Waals surface area contributed by atoms with Gasteiger partial charge in [0.05, 0.1) is 34.4 Å². The molecule has 7 rings (SSSR count). The first-order valence-electron chi connectivity index (χ1n) is 17.4. The predicted molar refractivity (Wildman–Crippen MR) is 200 cm³/mol. The molecule has 2 aliphatic rings. The zero-order chi connectivity index (χ0) is 36.2. The van der Waals surface area contributed by atoms with Crippen molar-refractivity contribution in [3.8, 4) is 0 Å². The number of anilines is 4. The van der Waals surface area contributed by atoms with Crippen LogP contribution >= 0.6 is 11.6 Å². The highest BCUT2D eigenvalue weighted by molar-refractivity contribution is 6.33. The lowest BCUT2D eigenvalue weighted by Crippen LogP contribution is -2.46. The molecule has 2 amide bonds. The number of carbonyl (C=O) groups excluding carboxylic acids is 2. The van der Waals surface area contributed by atoms with Gasteiger partial charge >= 0.3 is 5.69 Å². The molecule has 2 saturated heterocycles. The second-order valence-corrected chi connectivity index (χ2v) is 15.0. The molecule has 14 nitrogen and oxygen atoms in total. The van der Waals surface area contributed by atoms with Gasteiger partial charge in [-0.2, -0.15) is 10.1 Å². The van der Waals surface area contributed by atoms with Gasteiger partial charge in [-0.3, -0.25) is 28.7 Å². The first-order valence-corrected chi connectivity index (χ1v) is 17.7. The van der Waals surface area contributed by atoms with Gasteiger partial charge in [-0.15, -0.1) is 0 Å². The third-order valence-corrected chi connectivity index (χ3v) is 10.4.